The van der Waals surface area contributed by atoms with Crippen molar-refractivity contribution in [2.45, 2.75) is 46.1 Å². The fraction of sp³-hybridized carbons (Fsp3) is 1.00. The van der Waals surface area contributed by atoms with Gasteiger partial charge in [0, 0.05) is 12.6 Å². The van der Waals surface area contributed by atoms with Gasteiger partial charge in [0.15, 0.2) is 0 Å². The molecule has 2 heteroatoms. The highest BCUT2D eigenvalue weighted by molar-refractivity contribution is 4.61. The van der Waals surface area contributed by atoms with E-state index < -0.39 is 0 Å². The SMILES string of the molecule is CCCN(CCCCO)C(C)C. The van der Waals surface area contributed by atoms with Crippen molar-refractivity contribution in [1.29, 1.82) is 0 Å². The largest absolute Gasteiger partial charge is 0.396 e. The van der Waals surface area contributed by atoms with E-state index in [9.17, 15) is 0 Å². The Bertz CT molecular complexity index is 93.8. The number of aliphatic hydroxyl groups excluding tert-OH is 1. The highest BCUT2D eigenvalue weighted by Crippen LogP contribution is 2.02. The van der Waals surface area contributed by atoms with Crippen LogP contribution < -0.4 is 0 Å². The summed E-state index contributed by atoms with van der Waals surface area (Å²) in [6.07, 6.45) is 3.28. The maximum atomic E-state index is 8.63. The zero-order valence-corrected chi connectivity index (χ0v) is 8.71. The summed E-state index contributed by atoms with van der Waals surface area (Å²) in [5, 5.41) is 8.63. The van der Waals surface area contributed by atoms with Crippen LogP contribution in [-0.2, 0) is 0 Å². The van der Waals surface area contributed by atoms with Crippen LogP contribution >= 0.6 is 0 Å². The minimum atomic E-state index is 0.331. The lowest BCUT2D eigenvalue weighted by atomic mass is 10.2. The van der Waals surface area contributed by atoms with Gasteiger partial charge in [-0.15, -0.1) is 0 Å². The van der Waals surface area contributed by atoms with Crippen molar-refractivity contribution in [3.63, 3.8) is 0 Å². The quantitative estimate of drug-likeness (QED) is 0.594. The minimum Gasteiger partial charge on any atom is -0.396 e. The van der Waals surface area contributed by atoms with Crippen molar-refractivity contribution in [3.05, 3.63) is 0 Å². The molecule has 0 radical (unpaired) electrons. The summed E-state index contributed by atoms with van der Waals surface area (Å²) in [7, 11) is 0. The van der Waals surface area contributed by atoms with Crippen LogP contribution in [-0.4, -0.2) is 35.7 Å². The van der Waals surface area contributed by atoms with Gasteiger partial charge in [0.05, 0.1) is 0 Å². The molecule has 0 saturated carbocycles. The zero-order chi connectivity index (χ0) is 9.40. The third-order valence-corrected chi connectivity index (χ3v) is 2.09. The molecule has 74 valence electrons. The molecule has 0 aromatic heterocycles. The van der Waals surface area contributed by atoms with E-state index in [1.807, 2.05) is 0 Å². The summed E-state index contributed by atoms with van der Waals surface area (Å²) in [5.74, 6) is 0. The van der Waals surface area contributed by atoms with Gasteiger partial charge in [-0.25, -0.2) is 0 Å². The highest BCUT2D eigenvalue weighted by Gasteiger charge is 2.06. The molecule has 0 fully saturated rings. The van der Waals surface area contributed by atoms with Crippen LogP contribution in [0.2, 0.25) is 0 Å². The first-order chi connectivity index (χ1) is 5.72. The standard InChI is InChI=1S/C10H23NO/c1-4-7-11(10(2)3)8-5-6-9-12/h10,12H,4-9H2,1-3H3. The average Bonchev–Trinajstić information content (AvgIpc) is 2.03. The molecule has 0 heterocycles. The second-order valence-electron chi connectivity index (χ2n) is 3.56. The Balaban J connectivity index is 3.49. The third-order valence-electron chi connectivity index (χ3n) is 2.09. The fourth-order valence-corrected chi connectivity index (χ4v) is 1.34. The molecule has 0 unspecified atom stereocenters. The van der Waals surface area contributed by atoms with Gasteiger partial charge in [-0.1, -0.05) is 6.92 Å². The van der Waals surface area contributed by atoms with Crippen LogP contribution in [0.4, 0.5) is 0 Å². The predicted octanol–water partition coefficient (Wildman–Crippen LogP) is 1.88. The molecule has 0 atom stereocenters. The Morgan fingerprint density at radius 2 is 1.83 bits per heavy atom. The minimum absolute atomic E-state index is 0.331. The predicted molar refractivity (Wildman–Crippen MR) is 53.3 cm³/mol. The second-order valence-corrected chi connectivity index (χ2v) is 3.56. The number of hydrogen-bond acceptors (Lipinski definition) is 2. The van der Waals surface area contributed by atoms with Crippen LogP contribution in [0.5, 0.6) is 0 Å². The van der Waals surface area contributed by atoms with E-state index in [1.165, 1.54) is 13.0 Å². The first kappa shape index (κ1) is 11.9. The summed E-state index contributed by atoms with van der Waals surface area (Å²) in [6, 6.07) is 0.642. The summed E-state index contributed by atoms with van der Waals surface area (Å²) in [4.78, 5) is 2.47. The normalized spacial score (nSPS) is 11.5. The van der Waals surface area contributed by atoms with Crippen molar-refractivity contribution >= 4 is 0 Å². The van der Waals surface area contributed by atoms with Gasteiger partial charge in [-0.3, -0.25) is 0 Å². The summed E-state index contributed by atoms with van der Waals surface area (Å²) < 4.78 is 0. The van der Waals surface area contributed by atoms with Crippen molar-refractivity contribution < 1.29 is 5.11 Å². The topological polar surface area (TPSA) is 23.5 Å². The number of aliphatic hydroxyl groups is 1. The second kappa shape index (κ2) is 7.56. The van der Waals surface area contributed by atoms with Crippen LogP contribution in [0.25, 0.3) is 0 Å². The van der Waals surface area contributed by atoms with Crippen molar-refractivity contribution in [3.8, 4) is 0 Å². The van der Waals surface area contributed by atoms with E-state index in [2.05, 4.69) is 25.7 Å². The molecular weight excluding hydrogens is 150 g/mol. The molecule has 0 saturated heterocycles. The molecule has 0 spiro atoms. The lowest BCUT2D eigenvalue weighted by Gasteiger charge is -2.25. The van der Waals surface area contributed by atoms with E-state index in [-0.39, 0.29) is 0 Å². The Morgan fingerprint density at radius 1 is 1.17 bits per heavy atom. The number of unbranched alkanes of at least 4 members (excludes halogenated alkanes) is 1. The van der Waals surface area contributed by atoms with E-state index in [1.54, 1.807) is 0 Å². The summed E-state index contributed by atoms with van der Waals surface area (Å²) in [6.45, 7) is 9.32. The Labute approximate surface area is 76.6 Å². The number of hydrogen-bond donors (Lipinski definition) is 1. The Kier molecular flexibility index (Phi) is 7.51. The molecule has 0 amide bonds. The van der Waals surface area contributed by atoms with Crippen molar-refractivity contribution in [2.75, 3.05) is 19.7 Å². The van der Waals surface area contributed by atoms with E-state index >= 15 is 0 Å². The summed E-state index contributed by atoms with van der Waals surface area (Å²) in [5.41, 5.74) is 0. The zero-order valence-electron chi connectivity index (χ0n) is 8.71. The molecule has 12 heavy (non-hydrogen) atoms. The Hall–Kier alpha value is -0.0800. The molecular formula is C10H23NO. The lowest BCUT2D eigenvalue weighted by molar-refractivity contribution is 0.206. The maximum Gasteiger partial charge on any atom is 0.0431 e. The molecule has 0 aromatic carbocycles. The Morgan fingerprint density at radius 3 is 2.25 bits per heavy atom. The highest BCUT2D eigenvalue weighted by atomic mass is 16.2. The fourth-order valence-electron chi connectivity index (χ4n) is 1.34. The van der Waals surface area contributed by atoms with Gasteiger partial charge in [-0.2, -0.15) is 0 Å². The molecule has 2 nitrogen and oxygen atoms in total. The molecule has 0 aromatic rings. The molecule has 0 rings (SSSR count). The lowest BCUT2D eigenvalue weighted by Crippen LogP contribution is -2.32. The van der Waals surface area contributed by atoms with E-state index in [4.69, 9.17) is 5.11 Å². The first-order valence-electron chi connectivity index (χ1n) is 5.07. The monoisotopic (exact) mass is 173 g/mol. The van der Waals surface area contributed by atoms with Gasteiger partial charge >= 0.3 is 0 Å². The van der Waals surface area contributed by atoms with Gasteiger partial charge in [-0.05, 0) is 46.2 Å². The van der Waals surface area contributed by atoms with Gasteiger partial charge in [0.25, 0.3) is 0 Å². The number of rotatable bonds is 7. The van der Waals surface area contributed by atoms with Gasteiger partial charge in [0.1, 0.15) is 0 Å². The van der Waals surface area contributed by atoms with Gasteiger partial charge in [0.2, 0.25) is 0 Å². The smallest absolute Gasteiger partial charge is 0.0431 e. The molecule has 0 aliphatic heterocycles. The first-order valence-corrected chi connectivity index (χ1v) is 5.07. The van der Waals surface area contributed by atoms with Crippen LogP contribution in [0.15, 0.2) is 0 Å². The molecule has 0 aliphatic carbocycles. The molecule has 0 aliphatic rings. The van der Waals surface area contributed by atoms with E-state index in [0.717, 1.165) is 19.4 Å². The van der Waals surface area contributed by atoms with Crippen molar-refractivity contribution in [2.24, 2.45) is 0 Å². The molecule has 0 bridgehead atoms. The summed E-state index contributed by atoms with van der Waals surface area (Å²) >= 11 is 0. The average molecular weight is 173 g/mol. The molecule has 1 N–H and O–H groups in total. The van der Waals surface area contributed by atoms with Crippen LogP contribution in [0, 0.1) is 0 Å². The van der Waals surface area contributed by atoms with Crippen LogP contribution in [0.3, 0.4) is 0 Å². The van der Waals surface area contributed by atoms with E-state index in [0.29, 0.717) is 12.6 Å². The maximum absolute atomic E-state index is 8.63. The van der Waals surface area contributed by atoms with Crippen LogP contribution in [0.1, 0.15) is 40.0 Å². The number of nitrogens with zero attached hydrogens (tertiary/aromatic N) is 1. The third kappa shape index (κ3) is 5.56. The van der Waals surface area contributed by atoms with Gasteiger partial charge < -0.3 is 10.0 Å². The van der Waals surface area contributed by atoms with Crippen molar-refractivity contribution in [1.82, 2.24) is 4.90 Å².